The summed E-state index contributed by atoms with van der Waals surface area (Å²) >= 11 is 0. The monoisotopic (exact) mass is 168 g/mol. The van der Waals surface area contributed by atoms with Crippen molar-refractivity contribution in [2.45, 2.75) is 13.3 Å². The second kappa shape index (κ2) is 4.85. The topological polar surface area (TPSA) is 44.8 Å². The van der Waals surface area contributed by atoms with Crippen molar-refractivity contribution in [3.05, 3.63) is 0 Å². The van der Waals surface area contributed by atoms with Gasteiger partial charge in [-0.15, -0.1) is 0 Å². The van der Waals surface area contributed by atoms with Crippen LogP contribution in [0.25, 0.3) is 0 Å². The molecule has 0 aliphatic heterocycles. The molecular weight excluding hydrogens is 155 g/mol. The van der Waals surface area contributed by atoms with Crippen LogP contribution in [0, 0.1) is 0 Å². The van der Waals surface area contributed by atoms with E-state index in [4.69, 9.17) is 4.52 Å². The van der Waals surface area contributed by atoms with Crippen molar-refractivity contribution in [1.29, 1.82) is 0 Å². The molecule has 0 aromatic carbocycles. The lowest BCUT2D eigenvalue weighted by atomic mass is 10.5. The molecule has 0 aliphatic rings. The van der Waals surface area contributed by atoms with E-state index in [2.05, 4.69) is 9.05 Å². The molecular formula is C5H13O4P. The number of phosphoric ester groups is 1. The van der Waals surface area contributed by atoms with Gasteiger partial charge in [0, 0.05) is 14.2 Å². The van der Waals surface area contributed by atoms with E-state index in [9.17, 15) is 4.57 Å². The molecule has 0 aromatic heterocycles. The molecule has 0 bridgehead atoms. The van der Waals surface area contributed by atoms with Gasteiger partial charge >= 0.3 is 7.82 Å². The third-order valence-corrected chi connectivity index (χ3v) is 2.29. The minimum atomic E-state index is -3.20. The summed E-state index contributed by atoms with van der Waals surface area (Å²) in [5.41, 5.74) is 0. The highest BCUT2D eigenvalue weighted by Crippen LogP contribution is 2.47. The second-order valence-corrected chi connectivity index (χ2v) is 3.53. The lowest BCUT2D eigenvalue weighted by Gasteiger charge is -2.11. The first-order chi connectivity index (χ1) is 4.68. The molecule has 0 saturated heterocycles. The highest BCUT2D eigenvalue weighted by atomic mass is 31.2. The molecule has 0 saturated carbocycles. The van der Waals surface area contributed by atoms with Crippen LogP contribution in [0.15, 0.2) is 0 Å². The van der Waals surface area contributed by atoms with E-state index in [0.29, 0.717) is 6.61 Å². The van der Waals surface area contributed by atoms with E-state index in [0.717, 1.165) is 6.42 Å². The zero-order chi connectivity index (χ0) is 8.04. The Balaban J connectivity index is 3.70. The Morgan fingerprint density at radius 3 is 2.10 bits per heavy atom. The average Bonchev–Trinajstić information content (AvgIpc) is 2.00. The lowest BCUT2D eigenvalue weighted by Crippen LogP contribution is -1.95. The van der Waals surface area contributed by atoms with Gasteiger partial charge in [0.25, 0.3) is 0 Å². The predicted molar refractivity (Wildman–Crippen MR) is 37.9 cm³/mol. The van der Waals surface area contributed by atoms with Crippen LogP contribution < -0.4 is 0 Å². The molecule has 0 rings (SSSR count). The number of hydrogen-bond acceptors (Lipinski definition) is 4. The van der Waals surface area contributed by atoms with Gasteiger partial charge in [-0.1, -0.05) is 6.92 Å². The third kappa shape index (κ3) is 3.32. The Kier molecular flexibility index (Phi) is 4.91. The van der Waals surface area contributed by atoms with Crippen LogP contribution >= 0.6 is 7.82 Å². The fraction of sp³-hybridized carbons (Fsp3) is 1.00. The molecule has 4 nitrogen and oxygen atoms in total. The van der Waals surface area contributed by atoms with E-state index >= 15 is 0 Å². The van der Waals surface area contributed by atoms with Gasteiger partial charge in [-0.3, -0.25) is 13.6 Å². The highest BCUT2D eigenvalue weighted by molar-refractivity contribution is 7.48. The number of phosphoric acid groups is 1. The van der Waals surface area contributed by atoms with Crippen molar-refractivity contribution in [3.63, 3.8) is 0 Å². The summed E-state index contributed by atoms with van der Waals surface area (Å²) in [5.74, 6) is 0. The van der Waals surface area contributed by atoms with Gasteiger partial charge in [0.2, 0.25) is 0 Å². The highest BCUT2D eigenvalue weighted by Gasteiger charge is 2.21. The normalized spacial score (nSPS) is 11.9. The number of rotatable bonds is 5. The molecule has 0 aromatic rings. The van der Waals surface area contributed by atoms with Crippen LogP contribution in [0.1, 0.15) is 13.3 Å². The SMILES string of the molecule is CCCOP(=O)(OC)OC. The fourth-order valence-corrected chi connectivity index (χ4v) is 1.15. The first-order valence-electron chi connectivity index (χ1n) is 3.04. The van der Waals surface area contributed by atoms with Gasteiger partial charge in [0.05, 0.1) is 6.61 Å². The zero-order valence-corrected chi connectivity index (χ0v) is 7.39. The minimum absolute atomic E-state index is 0.388. The van der Waals surface area contributed by atoms with Crippen molar-refractivity contribution >= 4 is 7.82 Å². The maximum absolute atomic E-state index is 11.0. The molecule has 0 heterocycles. The Hall–Kier alpha value is 0.110. The van der Waals surface area contributed by atoms with Crippen LogP contribution in [-0.4, -0.2) is 20.8 Å². The van der Waals surface area contributed by atoms with Crippen molar-refractivity contribution in [3.8, 4) is 0 Å². The predicted octanol–water partition coefficient (Wildman–Crippen LogP) is 1.81. The molecule has 0 aliphatic carbocycles. The summed E-state index contributed by atoms with van der Waals surface area (Å²) in [6, 6.07) is 0. The molecule has 62 valence electrons. The van der Waals surface area contributed by atoms with Crippen molar-refractivity contribution in [2.24, 2.45) is 0 Å². The van der Waals surface area contributed by atoms with E-state index < -0.39 is 7.82 Å². The molecule has 0 spiro atoms. The average molecular weight is 168 g/mol. The van der Waals surface area contributed by atoms with Crippen LogP contribution in [0.4, 0.5) is 0 Å². The number of hydrogen-bond donors (Lipinski definition) is 0. The summed E-state index contributed by atoms with van der Waals surface area (Å²) < 4.78 is 24.8. The van der Waals surface area contributed by atoms with Crippen LogP contribution in [0.2, 0.25) is 0 Å². The van der Waals surface area contributed by atoms with E-state index in [-0.39, 0.29) is 0 Å². The molecule has 0 fully saturated rings. The second-order valence-electron chi connectivity index (χ2n) is 1.65. The summed E-state index contributed by atoms with van der Waals surface area (Å²) in [4.78, 5) is 0. The van der Waals surface area contributed by atoms with E-state index in [1.165, 1.54) is 14.2 Å². The van der Waals surface area contributed by atoms with Gasteiger partial charge in [-0.05, 0) is 6.42 Å². The van der Waals surface area contributed by atoms with Crippen molar-refractivity contribution in [1.82, 2.24) is 0 Å². The Morgan fingerprint density at radius 1 is 1.30 bits per heavy atom. The third-order valence-electron chi connectivity index (χ3n) is 0.901. The van der Waals surface area contributed by atoms with Gasteiger partial charge < -0.3 is 0 Å². The maximum atomic E-state index is 11.0. The minimum Gasteiger partial charge on any atom is -0.290 e. The summed E-state index contributed by atoms with van der Waals surface area (Å²) in [5, 5.41) is 0. The van der Waals surface area contributed by atoms with E-state index in [1.807, 2.05) is 6.92 Å². The van der Waals surface area contributed by atoms with Gasteiger partial charge in [0.1, 0.15) is 0 Å². The molecule has 0 atom stereocenters. The lowest BCUT2D eigenvalue weighted by molar-refractivity contribution is 0.152. The van der Waals surface area contributed by atoms with Crippen molar-refractivity contribution < 1.29 is 18.1 Å². The molecule has 0 amide bonds. The van der Waals surface area contributed by atoms with E-state index in [1.54, 1.807) is 0 Å². The maximum Gasteiger partial charge on any atom is 0.474 e. The molecule has 10 heavy (non-hydrogen) atoms. The summed E-state index contributed by atoms with van der Waals surface area (Å²) in [6.45, 7) is 2.30. The van der Waals surface area contributed by atoms with Crippen LogP contribution in [0.3, 0.4) is 0 Å². The Labute approximate surface area is 61.1 Å². The Morgan fingerprint density at radius 2 is 1.80 bits per heavy atom. The molecule has 0 radical (unpaired) electrons. The standard InChI is InChI=1S/C5H13O4P/c1-4-5-9-10(6,7-2)8-3/h4-5H2,1-3H3. The van der Waals surface area contributed by atoms with Gasteiger partial charge in [-0.2, -0.15) is 0 Å². The summed E-state index contributed by atoms with van der Waals surface area (Å²) in [6.07, 6.45) is 0.788. The van der Waals surface area contributed by atoms with Gasteiger partial charge in [-0.25, -0.2) is 4.57 Å². The Bertz CT molecular complexity index is 117. The van der Waals surface area contributed by atoms with Crippen LogP contribution in [0.5, 0.6) is 0 Å². The fourth-order valence-electron chi connectivity index (χ4n) is 0.383. The van der Waals surface area contributed by atoms with Crippen LogP contribution in [-0.2, 0) is 18.1 Å². The first kappa shape index (κ1) is 10.1. The molecule has 0 unspecified atom stereocenters. The van der Waals surface area contributed by atoms with Crippen molar-refractivity contribution in [2.75, 3.05) is 20.8 Å². The van der Waals surface area contributed by atoms with Gasteiger partial charge in [0.15, 0.2) is 0 Å². The smallest absolute Gasteiger partial charge is 0.290 e. The largest absolute Gasteiger partial charge is 0.474 e. The molecule has 5 heteroatoms. The zero-order valence-electron chi connectivity index (χ0n) is 6.49. The quantitative estimate of drug-likeness (QED) is 0.587. The molecule has 0 N–H and O–H groups in total. The summed E-state index contributed by atoms with van der Waals surface area (Å²) in [7, 11) is -0.614. The first-order valence-corrected chi connectivity index (χ1v) is 4.50.